The maximum atomic E-state index is 2.49. The summed E-state index contributed by atoms with van der Waals surface area (Å²) in [6.45, 7) is 0. The first-order valence-electron chi connectivity index (χ1n) is 22.6. The van der Waals surface area contributed by atoms with Gasteiger partial charge in [-0.2, -0.15) is 0 Å². The number of hydrogen-bond acceptors (Lipinski definition) is 0. The lowest BCUT2D eigenvalue weighted by atomic mass is 9.99. The van der Waals surface area contributed by atoms with Crippen molar-refractivity contribution in [3.8, 4) is 28.2 Å². The predicted molar refractivity (Wildman–Crippen MR) is 273 cm³/mol. The Labute approximate surface area is 377 Å². The predicted octanol–water partition coefficient (Wildman–Crippen LogP) is 15.8. The first-order chi connectivity index (χ1) is 32.2. The summed E-state index contributed by atoms with van der Waals surface area (Å²) in [4.78, 5) is 0. The highest BCUT2D eigenvalue weighted by atomic mass is 15.0. The van der Waals surface area contributed by atoms with E-state index in [9.17, 15) is 0 Å². The normalized spacial score (nSPS) is 11.8. The van der Waals surface area contributed by atoms with Crippen LogP contribution in [0.2, 0.25) is 0 Å². The first-order valence-corrected chi connectivity index (χ1v) is 22.6. The van der Waals surface area contributed by atoms with E-state index >= 15 is 0 Å². The minimum atomic E-state index is 0.883. The van der Waals surface area contributed by atoms with Crippen molar-refractivity contribution in [3.05, 3.63) is 259 Å². The molecule has 0 aliphatic heterocycles. The van der Waals surface area contributed by atoms with Gasteiger partial charge in [0.05, 0.1) is 33.1 Å². The molecule has 306 valence electrons. The maximum absolute atomic E-state index is 2.49. The Hall–Kier alpha value is -8.40. The molecule has 0 aliphatic carbocycles. The van der Waals surface area contributed by atoms with E-state index < -0.39 is 0 Å². The van der Waals surface area contributed by atoms with Crippen LogP contribution in [0.25, 0.3) is 93.6 Å². The summed E-state index contributed by atoms with van der Waals surface area (Å²) in [6.07, 6.45) is 1.77. The average Bonchev–Trinajstić information content (AvgIpc) is 3.99. The minimum absolute atomic E-state index is 0.883. The Morgan fingerprint density at radius 3 is 1.25 bits per heavy atom. The molecule has 0 spiro atoms. The van der Waals surface area contributed by atoms with Gasteiger partial charge in [-0.1, -0.05) is 152 Å². The van der Waals surface area contributed by atoms with Crippen LogP contribution in [-0.2, 0) is 12.8 Å². The van der Waals surface area contributed by atoms with Crippen molar-refractivity contribution in [1.29, 1.82) is 0 Å². The van der Waals surface area contributed by atoms with E-state index in [2.05, 4.69) is 250 Å². The van der Waals surface area contributed by atoms with Gasteiger partial charge in [-0.25, -0.2) is 0 Å². The van der Waals surface area contributed by atoms with Crippen LogP contribution in [-0.4, -0.2) is 13.7 Å². The van der Waals surface area contributed by atoms with Crippen LogP contribution >= 0.6 is 0 Å². The van der Waals surface area contributed by atoms with Gasteiger partial charge in [0, 0.05) is 49.4 Å². The van der Waals surface area contributed by atoms with Crippen molar-refractivity contribution < 1.29 is 0 Å². The lowest BCUT2D eigenvalue weighted by molar-refractivity contribution is 1.15. The number of benzene rings is 10. The molecule has 0 bridgehead atoms. The molecule has 0 fully saturated rings. The smallest absolute Gasteiger partial charge is 0.0561 e. The first kappa shape index (κ1) is 37.2. The summed E-state index contributed by atoms with van der Waals surface area (Å²) >= 11 is 0. The van der Waals surface area contributed by atoms with Gasteiger partial charge in [0.2, 0.25) is 0 Å². The Morgan fingerprint density at radius 2 is 0.615 bits per heavy atom. The number of para-hydroxylation sites is 3. The second-order valence-electron chi connectivity index (χ2n) is 17.4. The SMILES string of the molecule is c1ccc(Cc2ccc3c(c2)c2cc(-c4ccc5c6cc(Cc7ccccc7)ccc6n(-c6ccc7c8ccccc8n(-c8ccccc8)c7c6)c5c4)ccc2n3-c2ccccc2)cc1. The standard InChI is InChI=1S/C62H43N3/c1-5-15-42(16-6-1)35-44-25-32-58-54(37-44)53-30-27-47(40-61(53)65(58)50-29-31-52-51-23-13-14-24-57(51)64(62(52)41-50)49-21-11-4-12-22-49)46-28-34-60-56(39-46)55-38-45(36-43-17-7-2-8-18-43)26-33-59(55)63(60)48-19-9-3-10-20-48/h1-34,37-41H,35-36H2. The molecule has 0 unspecified atom stereocenters. The van der Waals surface area contributed by atoms with E-state index in [0.717, 1.165) is 29.9 Å². The highest BCUT2D eigenvalue weighted by molar-refractivity contribution is 6.14. The fourth-order valence-corrected chi connectivity index (χ4v) is 10.5. The summed E-state index contributed by atoms with van der Waals surface area (Å²) in [5, 5.41) is 7.52. The van der Waals surface area contributed by atoms with Crippen LogP contribution in [0.4, 0.5) is 0 Å². The summed E-state index contributed by atoms with van der Waals surface area (Å²) in [5.41, 5.74) is 18.3. The average molecular weight is 830 g/mol. The van der Waals surface area contributed by atoms with E-state index in [1.165, 1.54) is 98.8 Å². The fourth-order valence-electron chi connectivity index (χ4n) is 10.5. The lowest BCUT2D eigenvalue weighted by Gasteiger charge is -2.12. The second kappa shape index (κ2) is 15.1. The molecule has 0 saturated heterocycles. The van der Waals surface area contributed by atoms with Crippen LogP contribution in [0.15, 0.2) is 237 Å². The highest BCUT2D eigenvalue weighted by Crippen LogP contribution is 2.41. The van der Waals surface area contributed by atoms with E-state index in [1.54, 1.807) is 0 Å². The van der Waals surface area contributed by atoms with Crippen molar-refractivity contribution in [3.63, 3.8) is 0 Å². The topological polar surface area (TPSA) is 14.8 Å². The number of aromatic nitrogens is 3. The number of hydrogen-bond donors (Lipinski definition) is 0. The van der Waals surface area contributed by atoms with Crippen molar-refractivity contribution in [2.45, 2.75) is 12.8 Å². The van der Waals surface area contributed by atoms with Crippen molar-refractivity contribution in [2.24, 2.45) is 0 Å². The third kappa shape index (κ3) is 6.27. The third-order valence-electron chi connectivity index (χ3n) is 13.4. The molecule has 13 aromatic rings. The number of fused-ring (bicyclic) bond motifs is 9. The van der Waals surface area contributed by atoms with Gasteiger partial charge in [-0.15, -0.1) is 0 Å². The molecule has 3 heterocycles. The number of nitrogens with zero attached hydrogens (tertiary/aromatic N) is 3. The number of rotatable bonds is 8. The van der Waals surface area contributed by atoms with E-state index in [1.807, 2.05) is 0 Å². The summed E-state index contributed by atoms with van der Waals surface area (Å²) in [5.74, 6) is 0. The van der Waals surface area contributed by atoms with Gasteiger partial charge in [0.1, 0.15) is 0 Å². The molecule has 65 heavy (non-hydrogen) atoms. The zero-order valence-electron chi connectivity index (χ0n) is 35.8. The highest BCUT2D eigenvalue weighted by Gasteiger charge is 2.19. The monoisotopic (exact) mass is 829 g/mol. The maximum Gasteiger partial charge on any atom is 0.0561 e. The third-order valence-corrected chi connectivity index (χ3v) is 13.4. The van der Waals surface area contributed by atoms with E-state index in [0.29, 0.717) is 0 Å². The van der Waals surface area contributed by atoms with Crippen molar-refractivity contribution in [2.75, 3.05) is 0 Å². The second-order valence-corrected chi connectivity index (χ2v) is 17.4. The summed E-state index contributed by atoms with van der Waals surface area (Å²) in [6, 6.07) is 87.1. The molecule has 3 heteroatoms. The van der Waals surface area contributed by atoms with Crippen LogP contribution in [0, 0.1) is 0 Å². The zero-order valence-corrected chi connectivity index (χ0v) is 35.8. The lowest BCUT2D eigenvalue weighted by Crippen LogP contribution is -1.97. The van der Waals surface area contributed by atoms with Crippen LogP contribution < -0.4 is 0 Å². The summed E-state index contributed by atoms with van der Waals surface area (Å²) in [7, 11) is 0. The Kier molecular flexibility index (Phi) is 8.67. The molecule has 0 atom stereocenters. The molecule has 13 rings (SSSR count). The van der Waals surface area contributed by atoms with Crippen molar-refractivity contribution >= 4 is 65.4 Å². The Bertz CT molecular complexity index is 3910. The molecule has 10 aromatic carbocycles. The molecule has 0 aliphatic rings. The van der Waals surface area contributed by atoms with Gasteiger partial charge in [0.15, 0.2) is 0 Å². The largest absolute Gasteiger partial charge is 0.309 e. The van der Waals surface area contributed by atoms with Gasteiger partial charge >= 0.3 is 0 Å². The molecule has 3 nitrogen and oxygen atoms in total. The Balaban J connectivity index is 1.02. The summed E-state index contributed by atoms with van der Waals surface area (Å²) < 4.78 is 7.32. The molecule has 0 amide bonds. The van der Waals surface area contributed by atoms with E-state index in [-0.39, 0.29) is 0 Å². The Morgan fingerprint density at radius 1 is 0.215 bits per heavy atom. The molecular weight excluding hydrogens is 787 g/mol. The van der Waals surface area contributed by atoms with Gasteiger partial charge in [-0.05, 0) is 131 Å². The van der Waals surface area contributed by atoms with Crippen LogP contribution in [0.3, 0.4) is 0 Å². The molecule has 0 radical (unpaired) electrons. The van der Waals surface area contributed by atoms with Crippen LogP contribution in [0.1, 0.15) is 22.3 Å². The quantitative estimate of drug-likeness (QED) is 0.145. The van der Waals surface area contributed by atoms with Gasteiger partial charge in [-0.3, -0.25) is 0 Å². The zero-order chi connectivity index (χ0) is 42.8. The van der Waals surface area contributed by atoms with E-state index in [4.69, 9.17) is 0 Å². The van der Waals surface area contributed by atoms with Gasteiger partial charge < -0.3 is 13.7 Å². The molecule has 0 saturated carbocycles. The molecule has 0 N–H and O–H groups in total. The van der Waals surface area contributed by atoms with Gasteiger partial charge in [0.25, 0.3) is 0 Å². The molecule has 3 aromatic heterocycles. The molecular formula is C62H43N3. The van der Waals surface area contributed by atoms with Crippen LogP contribution in [0.5, 0.6) is 0 Å². The minimum Gasteiger partial charge on any atom is -0.309 e. The van der Waals surface area contributed by atoms with Crippen molar-refractivity contribution in [1.82, 2.24) is 13.7 Å². The fraction of sp³-hybridized carbons (Fsp3) is 0.0323.